The first-order valence-corrected chi connectivity index (χ1v) is 9.95. The normalized spacial score (nSPS) is 17.4. The Kier molecular flexibility index (Phi) is 5.11. The first kappa shape index (κ1) is 18.6. The summed E-state index contributed by atoms with van der Waals surface area (Å²) in [4.78, 5) is 38.2. The molecule has 1 aliphatic heterocycles. The topological polar surface area (TPSA) is 90.1 Å². The van der Waals surface area contributed by atoms with E-state index in [4.69, 9.17) is 0 Å². The van der Waals surface area contributed by atoms with Gasteiger partial charge in [-0.15, -0.1) is 0 Å². The van der Waals surface area contributed by atoms with Crippen molar-refractivity contribution in [1.82, 2.24) is 24.5 Å². The van der Waals surface area contributed by atoms with Gasteiger partial charge in [-0.2, -0.15) is 10.2 Å². The number of hydrogen-bond donors (Lipinski definition) is 0. The number of hydrogen-bond acceptors (Lipinski definition) is 5. The lowest BCUT2D eigenvalue weighted by Crippen LogP contribution is -2.41. The summed E-state index contributed by atoms with van der Waals surface area (Å²) in [7, 11) is 1.54. The molecule has 0 unspecified atom stereocenters. The van der Waals surface area contributed by atoms with Crippen LogP contribution in [-0.4, -0.2) is 43.5 Å². The molecule has 8 heteroatoms. The van der Waals surface area contributed by atoms with E-state index in [1.807, 2.05) is 0 Å². The van der Waals surface area contributed by atoms with Gasteiger partial charge in [0, 0.05) is 38.8 Å². The van der Waals surface area contributed by atoms with Crippen LogP contribution in [0.3, 0.4) is 0 Å². The van der Waals surface area contributed by atoms with Gasteiger partial charge in [0.15, 0.2) is 0 Å². The highest BCUT2D eigenvalue weighted by Crippen LogP contribution is 2.21. The number of carbonyl (C=O) groups is 1. The lowest BCUT2D eigenvalue weighted by Gasteiger charge is -2.32. The summed E-state index contributed by atoms with van der Waals surface area (Å²) in [6.45, 7) is 1.84. The molecule has 1 saturated heterocycles. The van der Waals surface area contributed by atoms with Gasteiger partial charge in [-0.3, -0.25) is 14.4 Å². The van der Waals surface area contributed by atoms with E-state index in [-0.39, 0.29) is 22.7 Å². The summed E-state index contributed by atoms with van der Waals surface area (Å²) in [6.07, 6.45) is 5.82. The van der Waals surface area contributed by atoms with Gasteiger partial charge < -0.3 is 4.90 Å². The second-order valence-electron chi connectivity index (χ2n) is 7.76. The fourth-order valence-electron chi connectivity index (χ4n) is 4.07. The zero-order chi connectivity index (χ0) is 19.7. The van der Waals surface area contributed by atoms with Gasteiger partial charge in [0.25, 0.3) is 17.0 Å². The largest absolute Gasteiger partial charge is 0.337 e. The first-order chi connectivity index (χ1) is 13.5. The molecule has 2 aromatic heterocycles. The molecule has 8 nitrogen and oxygen atoms in total. The van der Waals surface area contributed by atoms with E-state index < -0.39 is 0 Å². The third kappa shape index (κ3) is 3.76. The van der Waals surface area contributed by atoms with E-state index in [0.717, 1.165) is 49.8 Å². The smallest absolute Gasteiger partial charge is 0.274 e. The van der Waals surface area contributed by atoms with Crippen molar-refractivity contribution in [1.29, 1.82) is 0 Å². The van der Waals surface area contributed by atoms with Crippen LogP contribution in [0.4, 0.5) is 0 Å². The van der Waals surface area contributed by atoms with Crippen LogP contribution in [-0.2, 0) is 26.4 Å². The van der Waals surface area contributed by atoms with Crippen molar-refractivity contribution in [2.24, 2.45) is 13.0 Å². The second-order valence-corrected chi connectivity index (χ2v) is 7.76. The number of likely N-dealkylation sites (tertiary alicyclic amines) is 1. The maximum Gasteiger partial charge on any atom is 0.274 e. The summed E-state index contributed by atoms with van der Waals surface area (Å²) >= 11 is 0. The Hall–Kier alpha value is -2.77. The fourth-order valence-corrected chi connectivity index (χ4v) is 4.07. The molecule has 2 aliphatic rings. The molecule has 1 aliphatic carbocycles. The number of fused-ring (bicyclic) bond motifs is 1. The van der Waals surface area contributed by atoms with Crippen LogP contribution in [0.5, 0.6) is 0 Å². The summed E-state index contributed by atoms with van der Waals surface area (Å²) in [5, 5.41) is 8.65. The van der Waals surface area contributed by atoms with Crippen LogP contribution in [0.1, 0.15) is 47.4 Å². The summed E-state index contributed by atoms with van der Waals surface area (Å²) < 4.78 is 2.79. The molecule has 0 radical (unpaired) electrons. The van der Waals surface area contributed by atoms with E-state index in [0.29, 0.717) is 25.6 Å². The van der Waals surface area contributed by atoms with E-state index >= 15 is 0 Å². The predicted octanol–water partition coefficient (Wildman–Crippen LogP) is 0.768. The highest BCUT2D eigenvalue weighted by molar-refractivity contribution is 5.92. The molecule has 148 valence electrons. The summed E-state index contributed by atoms with van der Waals surface area (Å²) in [6, 6.07) is 4.60. The molecule has 0 saturated carbocycles. The molecule has 0 aromatic carbocycles. The highest BCUT2D eigenvalue weighted by Gasteiger charge is 2.25. The minimum atomic E-state index is -0.238. The molecule has 0 N–H and O–H groups in total. The van der Waals surface area contributed by atoms with Gasteiger partial charge in [-0.1, -0.05) is 0 Å². The van der Waals surface area contributed by atoms with Crippen LogP contribution in [0.25, 0.3) is 0 Å². The molecule has 0 atom stereocenters. The van der Waals surface area contributed by atoms with E-state index in [9.17, 15) is 14.4 Å². The molecule has 0 bridgehead atoms. The first-order valence-electron chi connectivity index (χ1n) is 9.95. The Balaban J connectivity index is 1.39. The van der Waals surface area contributed by atoms with Crippen molar-refractivity contribution in [2.75, 3.05) is 13.1 Å². The molecular weight excluding hydrogens is 358 g/mol. The number of aryl methyl sites for hydroxylation is 3. The highest BCUT2D eigenvalue weighted by atomic mass is 16.2. The third-order valence-electron chi connectivity index (χ3n) is 5.79. The Morgan fingerprint density at radius 1 is 1.07 bits per heavy atom. The van der Waals surface area contributed by atoms with Gasteiger partial charge in [0.05, 0.1) is 5.69 Å². The summed E-state index contributed by atoms with van der Waals surface area (Å²) in [5.74, 6) is 0.169. The van der Waals surface area contributed by atoms with Crippen molar-refractivity contribution < 1.29 is 4.79 Å². The number of rotatable bonds is 3. The maximum absolute atomic E-state index is 12.6. The molecule has 0 spiro atoms. The fraction of sp³-hybridized carbons (Fsp3) is 0.550. The molecule has 1 amide bonds. The van der Waals surface area contributed by atoms with Crippen molar-refractivity contribution in [3.05, 3.63) is 55.9 Å². The zero-order valence-corrected chi connectivity index (χ0v) is 16.1. The Morgan fingerprint density at radius 2 is 1.82 bits per heavy atom. The van der Waals surface area contributed by atoms with Crippen LogP contribution in [0.2, 0.25) is 0 Å². The van der Waals surface area contributed by atoms with Gasteiger partial charge >= 0.3 is 0 Å². The molecule has 3 heterocycles. The Labute approximate surface area is 162 Å². The van der Waals surface area contributed by atoms with E-state index in [1.165, 1.54) is 23.9 Å². The minimum absolute atomic E-state index is 0.0199. The SMILES string of the molecule is Cn1nc(C(=O)N2CCC(Cn3nc4c(cc3=O)CCCC4)CC2)ccc1=O. The van der Waals surface area contributed by atoms with Gasteiger partial charge in [-0.05, 0) is 56.1 Å². The number of carbonyl (C=O) groups excluding carboxylic acids is 1. The van der Waals surface area contributed by atoms with E-state index in [1.54, 1.807) is 15.6 Å². The van der Waals surface area contributed by atoms with Crippen LogP contribution in [0, 0.1) is 5.92 Å². The monoisotopic (exact) mass is 383 g/mol. The Morgan fingerprint density at radius 3 is 2.57 bits per heavy atom. The summed E-state index contributed by atoms with van der Waals surface area (Å²) in [5.41, 5.74) is 2.21. The van der Waals surface area contributed by atoms with Gasteiger partial charge in [-0.25, -0.2) is 9.36 Å². The number of aromatic nitrogens is 4. The number of amides is 1. The van der Waals surface area contributed by atoms with E-state index in [2.05, 4.69) is 10.2 Å². The van der Waals surface area contributed by atoms with Crippen molar-refractivity contribution in [3.63, 3.8) is 0 Å². The molecule has 4 rings (SSSR count). The molecular formula is C20H25N5O3. The lowest BCUT2D eigenvalue weighted by molar-refractivity contribution is 0.0671. The number of piperidine rings is 1. The molecule has 2 aromatic rings. The standard InChI is InChI=1S/C20H25N5O3/c1-23-18(26)7-6-17(21-23)20(28)24-10-8-14(9-11-24)13-25-19(27)12-15-4-2-3-5-16(15)22-25/h6-7,12,14H,2-5,8-11,13H2,1H3. The maximum atomic E-state index is 12.6. The molecule has 1 fully saturated rings. The quantitative estimate of drug-likeness (QED) is 0.781. The average Bonchev–Trinajstić information content (AvgIpc) is 2.70. The third-order valence-corrected chi connectivity index (χ3v) is 5.79. The van der Waals surface area contributed by atoms with Crippen LogP contribution < -0.4 is 11.1 Å². The van der Waals surface area contributed by atoms with Gasteiger partial charge in [0.1, 0.15) is 5.69 Å². The number of nitrogens with zero attached hydrogens (tertiary/aromatic N) is 5. The second kappa shape index (κ2) is 7.69. The lowest BCUT2D eigenvalue weighted by atomic mass is 9.95. The van der Waals surface area contributed by atoms with Crippen molar-refractivity contribution >= 4 is 5.91 Å². The van der Waals surface area contributed by atoms with Crippen LogP contribution in [0.15, 0.2) is 27.8 Å². The van der Waals surface area contributed by atoms with Gasteiger partial charge in [0.2, 0.25) is 0 Å². The minimum Gasteiger partial charge on any atom is -0.337 e. The molecule has 28 heavy (non-hydrogen) atoms. The van der Waals surface area contributed by atoms with Crippen molar-refractivity contribution in [2.45, 2.75) is 45.1 Å². The zero-order valence-electron chi connectivity index (χ0n) is 16.1. The predicted molar refractivity (Wildman–Crippen MR) is 103 cm³/mol. The van der Waals surface area contributed by atoms with Crippen molar-refractivity contribution in [3.8, 4) is 0 Å². The van der Waals surface area contributed by atoms with Crippen LogP contribution >= 0.6 is 0 Å². The average molecular weight is 383 g/mol. The Bertz CT molecular complexity index is 1000.